The molecule has 0 aliphatic carbocycles. The molecule has 0 spiro atoms. The third-order valence-electron chi connectivity index (χ3n) is 4.78. The monoisotopic (exact) mass is 352 g/mol. The van der Waals surface area contributed by atoms with E-state index in [0.29, 0.717) is 11.5 Å². The largest absolute Gasteiger partial charge is 0.357 e. The van der Waals surface area contributed by atoms with Crippen LogP contribution < -0.4 is 9.80 Å². The van der Waals surface area contributed by atoms with Crippen LogP contribution in [0.1, 0.15) is 55.5 Å². The number of amides is 1. The van der Waals surface area contributed by atoms with E-state index in [1.807, 2.05) is 36.1 Å². The molecule has 3 rings (SSSR count). The zero-order chi connectivity index (χ0) is 18.7. The standard InChI is InChI=1S/C21H28N4O/c1-5-11-24(12-6-2)20-14-18(22-16(4)23-20)21(26)25-15(3)13-17-9-7-8-10-19(17)25/h7-10,14-15H,5-6,11-13H2,1-4H3. The highest BCUT2D eigenvalue weighted by Crippen LogP contribution is 2.33. The molecule has 5 heteroatoms. The smallest absolute Gasteiger partial charge is 0.277 e. The Bertz CT molecular complexity index is 783. The van der Waals surface area contributed by atoms with Crippen LogP contribution in [0.4, 0.5) is 11.5 Å². The fraction of sp³-hybridized carbons (Fsp3) is 0.476. The van der Waals surface area contributed by atoms with Crippen LogP contribution in [0.5, 0.6) is 0 Å². The minimum atomic E-state index is -0.0397. The van der Waals surface area contributed by atoms with Gasteiger partial charge >= 0.3 is 0 Å². The van der Waals surface area contributed by atoms with E-state index < -0.39 is 0 Å². The topological polar surface area (TPSA) is 49.3 Å². The highest BCUT2D eigenvalue weighted by molar-refractivity contribution is 6.06. The summed E-state index contributed by atoms with van der Waals surface area (Å²) >= 11 is 0. The molecule has 1 aliphatic rings. The maximum atomic E-state index is 13.3. The number of rotatable bonds is 6. The lowest BCUT2D eigenvalue weighted by molar-refractivity contribution is 0.0976. The predicted octanol–water partition coefficient (Wildman–Crippen LogP) is 4.00. The quantitative estimate of drug-likeness (QED) is 0.788. The molecule has 26 heavy (non-hydrogen) atoms. The lowest BCUT2D eigenvalue weighted by Gasteiger charge is -2.25. The van der Waals surface area contributed by atoms with Crippen molar-refractivity contribution in [2.24, 2.45) is 0 Å². The minimum absolute atomic E-state index is 0.0397. The van der Waals surface area contributed by atoms with E-state index in [2.05, 4.69) is 41.7 Å². The Morgan fingerprint density at radius 3 is 2.58 bits per heavy atom. The number of aromatic nitrogens is 2. The van der Waals surface area contributed by atoms with Gasteiger partial charge in [-0.3, -0.25) is 4.79 Å². The van der Waals surface area contributed by atoms with Crippen molar-refractivity contribution in [2.45, 2.75) is 53.0 Å². The number of hydrogen-bond donors (Lipinski definition) is 0. The van der Waals surface area contributed by atoms with Gasteiger partial charge in [0.25, 0.3) is 5.91 Å². The molecule has 1 aliphatic heterocycles. The molecule has 1 aromatic carbocycles. The number of benzene rings is 1. The number of para-hydroxylation sites is 1. The maximum absolute atomic E-state index is 13.3. The Hall–Kier alpha value is -2.43. The number of anilines is 2. The highest BCUT2D eigenvalue weighted by atomic mass is 16.2. The highest BCUT2D eigenvalue weighted by Gasteiger charge is 2.32. The van der Waals surface area contributed by atoms with Gasteiger partial charge in [0.2, 0.25) is 0 Å². The number of nitrogens with zero attached hydrogens (tertiary/aromatic N) is 4. The van der Waals surface area contributed by atoms with Crippen molar-refractivity contribution in [1.82, 2.24) is 9.97 Å². The van der Waals surface area contributed by atoms with E-state index in [-0.39, 0.29) is 11.9 Å². The van der Waals surface area contributed by atoms with Crippen LogP contribution in [0.2, 0.25) is 0 Å². The van der Waals surface area contributed by atoms with Gasteiger partial charge in [-0.15, -0.1) is 0 Å². The molecule has 2 aromatic rings. The van der Waals surface area contributed by atoms with E-state index in [9.17, 15) is 4.79 Å². The zero-order valence-corrected chi connectivity index (χ0v) is 16.2. The molecule has 2 heterocycles. The summed E-state index contributed by atoms with van der Waals surface area (Å²) in [6.07, 6.45) is 2.97. The molecule has 5 nitrogen and oxygen atoms in total. The first kappa shape index (κ1) is 18.4. The van der Waals surface area contributed by atoms with Crippen LogP contribution in [-0.2, 0) is 6.42 Å². The van der Waals surface area contributed by atoms with Crippen molar-refractivity contribution in [2.75, 3.05) is 22.9 Å². The number of fused-ring (bicyclic) bond motifs is 1. The van der Waals surface area contributed by atoms with E-state index in [4.69, 9.17) is 0 Å². The second-order valence-electron chi connectivity index (χ2n) is 7.00. The third-order valence-corrected chi connectivity index (χ3v) is 4.78. The normalized spacial score (nSPS) is 15.8. The molecule has 0 fully saturated rings. The predicted molar refractivity (Wildman–Crippen MR) is 106 cm³/mol. The van der Waals surface area contributed by atoms with Crippen LogP contribution in [-0.4, -0.2) is 35.0 Å². The van der Waals surface area contributed by atoms with Crippen molar-refractivity contribution in [3.63, 3.8) is 0 Å². The summed E-state index contributed by atoms with van der Waals surface area (Å²) in [6.45, 7) is 10.1. The van der Waals surface area contributed by atoms with E-state index in [0.717, 1.165) is 43.9 Å². The van der Waals surface area contributed by atoms with Gasteiger partial charge in [-0.2, -0.15) is 0 Å². The molecule has 1 amide bonds. The van der Waals surface area contributed by atoms with Gasteiger partial charge in [-0.1, -0.05) is 32.0 Å². The van der Waals surface area contributed by atoms with Crippen molar-refractivity contribution >= 4 is 17.4 Å². The molecule has 1 atom stereocenters. The summed E-state index contributed by atoms with van der Waals surface area (Å²) in [5.74, 6) is 1.45. The summed E-state index contributed by atoms with van der Waals surface area (Å²) in [5.41, 5.74) is 2.70. The fourth-order valence-corrected chi connectivity index (χ4v) is 3.70. The Kier molecular flexibility index (Phi) is 5.55. The Balaban J connectivity index is 1.95. The van der Waals surface area contributed by atoms with Crippen molar-refractivity contribution in [3.05, 3.63) is 47.4 Å². The fourth-order valence-electron chi connectivity index (χ4n) is 3.70. The third kappa shape index (κ3) is 3.57. The van der Waals surface area contributed by atoms with Crippen molar-refractivity contribution in [3.8, 4) is 0 Å². The van der Waals surface area contributed by atoms with Gasteiger partial charge in [0.15, 0.2) is 0 Å². The maximum Gasteiger partial charge on any atom is 0.277 e. The average molecular weight is 352 g/mol. The van der Waals surface area contributed by atoms with Gasteiger partial charge < -0.3 is 9.80 Å². The molecular formula is C21H28N4O. The molecular weight excluding hydrogens is 324 g/mol. The second-order valence-corrected chi connectivity index (χ2v) is 7.00. The first-order valence-corrected chi connectivity index (χ1v) is 9.57. The summed E-state index contributed by atoms with van der Waals surface area (Å²) in [4.78, 5) is 26.4. The number of carbonyl (C=O) groups is 1. The summed E-state index contributed by atoms with van der Waals surface area (Å²) in [7, 11) is 0. The number of carbonyl (C=O) groups excluding carboxylic acids is 1. The second kappa shape index (κ2) is 7.85. The molecule has 1 aromatic heterocycles. The van der Waals surface area contributed by atoms with E-state index in [1.165, 1.54) is 5.56 Å². The Morgan fingerprint density at radius 2 is 1.88 bits per heavy atom. The first-order chi connectivity index (χ1) is 12.5. The molecule has 0 saturated heterocycles. The molecule has 0 radical (unpaired) electrons. The van der Waals surface area contributed by atoms with Gasteiger partial charge in [-0.05, 0) is 44.7 Å². The van der Waals surface area contributed by atoms with Gasteiger partial charge in [0.1, 0.15) is 17.3 Å². The zero-order valence-electron chi connectivity index (χ0n) is 16.2. The first-order valence-electron chi connectivity index (χ1n) is 9.57. The number of aryl methyl sites for hydroxylation is 1. The minimum Gasteiger partial charge on any atom is -0.357 e. The van der Waals surface area contributed by atoms with E-state index in [1.54, 1.807) is 0 Å². The Labute approximate surface area is 156 Å². The SMILES string of the molecule is CCCN(CCC)c1cc(C(=O)N2c3ccccc3CC2C)nc(C)n1. The average Bonchev–Trinajstić information content (AvgIpc) is 2.96. The van der Waals surface area contributed by atoms with Crippen LogP contribution >= 0.6 is 0 Å². The summed E-state index contributed by atoms with van der Waals surface area (Å²) in [5, 5.41) is 0. The molecule has 0 saturated carbocycles. The van der Waals surface area contributed by atoms with Crippen LogP contribution in [0.3, 0.4) is 0 Å². The molecule has 1 unspecified atom stereocenters. The van der Waals surface area contributed by atoms with Gasteiger partial charge in [0.05, 0.1) is 0 Å². The summed E-state index contributed by atoms with van der Waals surface area (Å²) in [6, 6.07) is 10.1. The van der Waals surface area contributed by atoms with Gasteiger partial charge in [0, 0.05) is 30.9 Å². The van der Waals surface area contributed by atoms with Crippen LogP contribution in [0.25, 0.3) is 0 Å². The molecule has 0 N–H and O–H groups in total. The summed E-state index contributed by atoms with van der Waals surface area (Å²) < 4.78 is 0. The molecule has 138 valence electrons. The number of hydrogen-bond acceptors (Lipinski definition) is 4. The van der Waals surface area contributed by atoms with Crippen LogP contribution in [0.15, 0.2) is 30.3 Å². The van der Waals surface area contributed by atoms with Crippen molar-refractivity contribution in [1.29, 1.82) is 0 Å². The van der Waals surface area contributed by atoms with Gasteiger partial charge in [-0.25, -0.2) is 9.97 Å². The van der Waals surface area contributed by atoms with Crippen molar-refractivity contribution < 1.29 is 4.79 Å². The lowest BCUT2D eigenvalue weighted by atomic mass is 10.1. The van der Waals surface area contributed by atoms with Crippen LogP contribution in [0, 0.1) is 6.92 Å². The Morgan fingerprint density at radius 1 is 1.19 bits per heavy atom. The van der Waals surface area contributed by atoms with E-state index >= 15 is 0 Å². The molecule has 0 bridgehead atoms. The lowest BCUT2D eigenvalue weighted by Crippen LogP contribution is -2.36.